The van der Waals surface area contributed by atoms with Crippen molar-refractivity contribution >= 4 is 23.2 Å². The second-order valence-corrected chi connectivity index (χ2v) is 10.4. The molecular formula is C22H29ClO5. The van der Waals surface area contributed by atoms with Gasteiger partial charge in [-0.05, 0) is 55.6 Å². The van der Waals surface area contributed by atoms with Crippen molar-refractivity contribution in [2.45, 2.75) is 63.0 Å². The van der Waals surface area contributed by atoms with Gasteiger partial charge >= 0.3 is 0 Å². The number of allylic oxidation sites excluding steroid dienone is 4. The van der Waals surface area contributed by atoms with Crippen molar-refractivity contribution in [1.82, 2.24) is 0 Å². The van der Waals surface area contributed by atoms with Crippen LogP contribution in [0.3, 0.4) is 0 Å². The topological polar surface area (TPSA) is 94.8 Å². The lowest BCUT2D eigenvalue weighted by molar-refractivity contribution is -0.179. The molecule has 3 N–H and O–H groups in total. The van der Waals surface area contributed by atoms with Crippen LogP contribution in [-0.2, 0) is 9.59 Å². The number of hydrogen-bond acceptors (Lipinski definition) is 5. The summed E-state index contributed by atoms with van der Waals surface area (Å²) in [6, 6.07) is 0. The molecule has 5 unspecified atom stereocenters. The predicted molar refractivity (Wildman–Crippen MR) is 105 cm³/mol. The van der Waals surface area contributed by atoms with E-state index in [1.165, 1.54) is 6.08 Å². The van der Waals surface area contributed by atoms with Crippen LogP contribution in [0.2, 0.25) is 0 Å². The van der Waals surface area contributed by atoms with E-state index in [1.807, 2.05) is 26.8 Å². The average Bonchev–Trinajstić information content (AvgIpc) is 2.84. The van der Waals surface area contributed by atoms with E-state index >= 15 is 0 Å². The first kappa shape index (κ1) is 20.3. The molecule has 4 rings (SSSR count). The Bertz CT molecular complexity index is 805. The number of alkyl halides is 1. The smallest absolute Gasteiger partial charge is 0.190 e. The standard InChI is InChI=1S/C22H29ClO5/c1-12-8-16-15-5-4-13-9-14(25)6-7-19(13,2)21(15,23)17(26)10-20(16,3)22(12,28)18(27)11-24/h6-7,9,12,15-17,24,26,28H,4-5,8,10-11H2,1-3H3/t12-,15?,16?,17?,19?,20?,21+,22+/m1/s1. The number of rotatable bonds is 2. The van der Waals surface area contributed by atoms with Crippen molar-refractivity contribution in [2.24, 2.45) is 28.6 Å². The summed E-state index contributed by atoms with van der Waals surface area (Å²) in [5.41, 5.74) is -2.25. The Balaban J connectivity index is 1.84. The average molecular weight is 409 g/mol. The first-order valence-corrected chi connectivity index (χ1v) is 10.5. The summed E-state index contributed by atoms with van der Waals surface area (Å²) in [5, 5.41) is 32.3. The zero-order valence-corrected chi connectivity index (χ0v) is 17.4. The summed E-state index contributed by atoms with van der Waals surface area (Å²) in [6.45, 7) is 4.97. The highest BCUT2D eigenvalue weighted by Gasteiger charge is 2.74. The first-order chi connectivity index (χ1) is 13.0. The van der Waals surface area contributed by atoms with E-state index in [1.54, 1.807) is 6.08 Å². The van der Waals surface area contributed by atoms with Crippen molar-refractivity contribution in [1.29, 1.82) is 0 Å². The third-order valence-corrected chi connectivity index (χ3v) is 9.72. The Hall–Kier alpha value is -1.01. The summed E-state index contributed by atoms with van der Waals surface area (Å²) in [7, 11) is 0. The molecule has 0 amide bonds. The Kier molecular flexibility index (Phi) is 4.35. The van der Waals surface area contributed by atoms with Crippen LogP contribution in [-0.4, -0.2) is 50.1 Å². The van der Waals surface area contributed by atoms with Gasteiger partial charge < -0.3 is 15.3 Å². The quantitative estimate of drug-likeness (QED) is 0.608. The highest BCUT2D eigenvalue weighted by Crippen LogP contribution is 2.71. The van der Waals surface area contributed by atoms with E-state index in [2.05, 4.69) is 0 Å². The summed E-state index contributed by atoms with van der Waals surface area (Å²) in [4.78, 5) is 23.5. The summed E-state index contributed by atoms with van der Waals surface area (Å²) >= 11 is 7.30. The molecule has 0 spiro atoms. The number of carbonyl (C=O) groups is 2. The minimum Gasteiger partial charge on any atom is -0.391 e. The molecule has 0 bridgehead atoms. The fraction of sp³-hybridized carbons (Fsp3) is 0.727. The molecule has 3 saturated carbocycles. The van der Waals surface area contributed by atoms with Crippen LogP contribution in [0.15, 0.2) is 23.8 Å². The summed E-state index contributed by atoms with van der Waals surface area (Å²) in [6.07, 6.45) is 6.22. The number of ketones is 2. The molecule has 28 heavy (non-hydrogen) atoms. The van der Waals surface area contributed by atoms with Gasteiger partial charge in [0.1, 0.15) is 12.2 Å². The number of hydrogen-bond donors (Lipinski definition) is 3. The Labute approximate surface area is 170 Å². The van der Waals surface area contributed by atoms with Crippen molar-refractivity contribution < 1.29 is 24.9 Å². The van der Waals surface area contributed by atoms with Crippen LogP contribution >= 0.6 is 11.6 Å². The van der Waals surface area contributed by atoms with Crippen LogP contribution in [0.5, 0.6) is 0 Å². The van der Waals surface area contributed by atoms with Crippen molar-refractivity contribution in [3.05, 3.63) is 23.8 Å². The molecule has 0 aromatic carbocycles. The summed E-state index contributed by atoms with van der Waals surface area (Å²) in [5.74, 6) is -1.15. The van der Waals surface area contributed by atoms with Crippen LogP contribution in [0, 0.1) is 28.6 Å². The van der Waals surface area contributed by atoms with Gasteiger partial charge in [0, 0.05) is 10.8 Å². The van der Waals surface area contributed by atoms with Crippen LogP contribution < -0.4 is 0 Å². The molecule has 0 aromatic heterocycles. The lowest BCUT2D eigenvalue weighted by Gasteiger charge is -2.63. The van der Waals surface area contributed by atoms with Gasteiger partial charge in [0.15, 0.2) is 11.6 Å². The normalized spacial score (nSPS) is 52.5. The van der Waals surface area contributed by atoms with Gasteiger partial charge in [-0.25, -0.2) is 0 Å². The maximum absolute atomic E-state index is 12.6. The van der Waals surface area contributed by atoms with Gasteiger partial charge in [-0.15, -0.1) is 11.6 Å². The monoisotopic (exact) mass is 408 g/mol. The van der Waals surface area contributed by atoms with Crippen LogP contribution in [0.4, 0.5) is 0 Å². The number of Topliss-reactive ketones (excluding diaryl/α,β-unsaturated/α-hetero) is 1. The lowest BCUT2D eigenvalue weighted by atomic mass is 9.45. The van der Waals surface area contributed by atoms with E-state index in [0.29, 0.717) is 19.3 Å². The molecule has 0 heterocycles. The number of halogens is 1. The summed E-state index contributed by atoms with van der Waals surface area (Å²) < 4.78 is 0. The zero-order valence-electron chi connectivity index (χ0n) is 16.6. The van der Waals surface area contributed by atoms with Crippen molar-refractivity contribution in [2.75, 3.05) is 6.61 Å². The first-order valence-electron chi connectivity index (χ1n) is 10.1. The molecule has 3 fully saturated rings. The fourth-order valence-corrected chi connectivity index (χ4v) is 7.78. The highest BCUT2D eigenvalue weighted by atomic mass is 35.5. The van der Waals surface area contributed by atoms with E-state index in [-0.39, 0.29) is 30.0 Å². The van der Waals surface area contributed by atoms with E-state index in [4.69, 9.17) is 11.6 Å². The molecule has 0 aromatic rings. The Morgan fingerprint density at radius 1 is 1.32 bits per heavy atom. The van der Waals surface area contributed by atoms with Gasteiger partial charge in [-0.3, -0.25) is 9.59 Å². The molecule has 5 nitrogen and oxygen atoms in total. The minimum atomic E-state index is -1.68. The number of fused-ring (bicyclic) bond motifs is 5. The van der Waals surface area contributed by atoms with Crippen molar-refractivity contribution in [3.63, 3.8) is 0 Å². The predicted octanol–water partition coefficient (Wildman–Crippen LogP) is 2.17. The van der Waals surface area contributed by atoms with Gasteiger partial charge in [-0.2, -0.15) is 0 Å². The zero-order chi connectivity index (χ0) is 20.7. The lowest BCUT2D eigenvalue weighted by Crippen LogP contribution is -2.69. The number of carbonyl (C=O) groups excluding carboxylic acids is 2. The second kappa shape index (κ2) is 6.00. The van der Waals surface area contributed by atoms with Gasteiger partial charge in [-0.1, -0.05) is 32.4 Å². The van der Waals surface area contributed by atoms with Crippen LogP contribution in [0.25, 0.3) is 0 Å². The third kappa shape index (κ3) is 2.09. The molecule has 0 aliphatic heterocycles. The maximum atomic E-state index is 12.6. The molecule has 0 radical (unpaired) electrons. The molecule has 4 aliphatic rings. The molecule has 6 heteroatoms. The Morgan fingerprint density at radius 2 is 2.00 bits per heavy atom. The van der Waals surface area contributed by atoms with E-state index in [0.717, 1.165) is 5.57 Å². The third-order valence-electron chi connectivity index (χ3n) is 8.79. The second-order valence-electron chi connectivity index (χ2n) is 9.75. The molecule has 4 aliphatic carbocycles. The largest absolute Gasteiger partial charge is 0.391 e. The number of aliphatic hydroxyl groups is 3. The molecular weight excluding hydrogens is 380 g/mol. The van der Waals surface area contributed by atoms with Crippen LogP contribution in [0.1, 0.15) is 46.5 Å². The number of aliphatic hydroxyl groups excluding tert-OH is 2. The van der Waals surface area contributed by atoms with Gasteiger partial charge in [0.2, 0.25) is 0 Å². The van der Waals surface area contributed by atoms with Gasteiger partial charge in [0.25, 0.3) is 0 Å². The van der Waals surface area contributed by atoms with Crippen molar-refractivity contribution in [3.8, 4) is 0 Å². The fourth-order valence-electron chi connectivity index (χ4n) is 7.26. The Morgan fingerprint density at radius 3 is 2.64 bits per heavy atom. The van der Waals surface area contributed by atoms with Gasteiger partial charge in [0.05, 0.1) is 11.0 Å². The minimum absolute atomic E-state index is 0.0567. The van der Waals surface area contributed by atoms with E-state index < -0.39 is 39.8 Å². The molecule has 0 saturated heterocycles. The molecule has 8 atom stereocenters. The van der Waals surface area contributed by atoms with E-state index in [9.17, 15) is 24.9 Å². The highest BCUT2D eigenvalue weighted by molar-refractivity contribution is 6.26. The molecule has 154 valence electrons. The maximum Gasteiger partial charge on any atom is 0.190 e. The SMILES string of the molecule is C[C@@H]1CC2C3CCC4=CC(=O)C=CC4(C)[C@@]3(Cl)C(O)CC2(C)[C@@]1(O)C(=O)CO.